The van der Waals surface area contributed by atoms with E-state index in [0.717, 1.165) is 63.0 Å². The molecule has 1 aliphatic carbocycles. The van der Waals surface area contributed by atoms with Crippen LogP contribution in [0.5, 0.6) is 0 Å². The van der Waals surface area contributed by atoms with Gasteiger partial charge in [-0.05, 0) is 43.7 Å². The summed E-state index contributed by atoms with van der Waals surface area (Å²) >= 11 is 0. The Labute approximate surface area is 170 Å². The van der Waals surface area contributed by atoms with E-state index in [2.05, 4.69) is 43.7 Å². The molecule has 2 aliphatic rings. The quantitative estimate of drug-likeness (QED) is 0.647. The minimum Gasteiger partial charge on any atom is -0.381 e. The molecule has 0 spiro atoms. The Hall–Kier alpha value is -2.73. The van der Waals surface area contributed by atoms with Crippen LogP contribution in [-0.2, 0) is 17.7 Å². The molecule has 2 fully saturated rings. The van der Waals surface area contributed by atoms with E-state index in [9.17, 15) is 4.79 Å². The van der Waals surface area contributed by atoms with Gasteiger partial charge in [-0.25, -0.2) is 9.97 Å². The van der Waals surface area contributed by atoms with Crippen molar-refractivity contribution in [2.24, 2.45) is 0 Å². The molecule has 2 aromatic heterocycles. The first-order chi connectivity index (χ1) is 14.3. The molecule has 6 heteroatoms. The fraction of sp³-hybridized carbons (Fsp3) is 0.435. The molecular weight excluding hydrogens is 364 g/mol. The van der Waals surface area contributed by atoms with E-state index in [1.165, 1.54) is 5.56 Å². The first kappa shape index (κ1) is 18.3. The number of amides is 1. The molecule has 0 atom stereocenters. The van der Waals surface area contributed by atoms with Crippen LogP contribution in [0.4, 0.5) is 0 Å². The number of hydrogen-bond donors (Lipinski definition) is 0. The second-order valence-electron chi connectivity index (χ2n) is 8.03. The monoisotopic (exact) mass is 390 g/mol. The summed E-state index contributed by atoms with van der Waals surface area (Å²) in [5, 5.41) is 0. The van der Waals surface area contributed by atoms with Crippen molar-refractivity contribution in [1.82, 2.24) is 19.4 Å². The second-order valence-corrected chi connectivity index (χ2v) is 8.03. The summed E-state index contributed by atoms with van der Waals surface area (Å²) in [6.45, 7) is 2.30. The van der Waals surface area contributed by atoms with Crippen molar-refractivity contribution in [3.8, 4) is 0 Å². The zero-order chi connectivity index (χ0) is 19.6. The summed E-state index contributed by atoms with van der Waals surface area (Å²) in [6, 6.07) is 13.0. The van der Waals surface area contributed by atoms with E-state index in [-0.39, 0.29) is 11.9 Å². The van der Waals surface area contributed by atoms with Crippen LogP contribution in [0, 0.1) is 0 Å². The Bertz CT molecular complexity index is 991. The van der Waals surface area contributed by atoms with Crippen LogP contribution in [0.15, 0.2) is 48.9 Å². The van der Waals surface area contributed by atoms with E-state index in [1.54, 1.807) is 6.20 Å². The zero-order valence-corrected chi connectivity index (χ0v) is 16.5. The molecule has 0 unspecified atom stereocenters. The number of aromatic nitrogens is 3. The highest BCUT2D eigenvalue weighted by atomic mass is 16.5. The van der Waals surface area contributed by atoms with Crippen molar-refractivity contribution in [3.05, 3.63) is 60.0 Å². The van der Waals surface area contributed by atoms with Crippen molar-refractivity contribution in [1.29, 1.82) is 0 Å². The maximum Gasteiger partial charge on any atom is 0.256 e. The minimum absolute atomic E-state index is 0.0904. The Balaban J connectivity index is 1.35. The summed E-state index contributed by atoms with van der Waals surface area (Å²) in [6.07, 6.45) is 8.53. The SMILES string of the molecule is O=C(c1cnc2c(c1)ncn2CCc1ccccc1)N(C1CCOCC1)C1CC1. The van der Waals surface area contributed by atoms with Gasteiger partial charge in [-0.3, -0.25) is 4.79 Å². The molecule has 150 valence electrons. The first-order valence-corrected chi connectivity index (χ1v) is 10.5. The maximum atomic E-state index is 13.3. The van der Waals surface area contributed by atoms with Gasteiger partial charge in [0.15, 0.2) is 5.65 Å². The van der Waals surface area contributed by atoms with Gasteiger partial charge < -0.3 is 14.2 Å². The van der Waals surface area contributed by atoms with Crippen LogP contribution in [0.1, 0.15) is 41.6 Å². The van der Waals surface area contributed by atoms with E-state index < -0.39 is 0 Å². The number of rotatable bonds is 6. The Morgan fingerprint density at radius 3 is 2.59 bits per heavy atom. The van der Waals surface area contributed by atoms with Gasteiger partial charge in [-0.15, -0.1) is 0 Å². The number of nitrogens with zero attached hydrogens (tertiary/aromatic N) is 4. The molecule has 5 rings (SSSR count). The molecular formula is C23H26N4O2. The van der Waals surface area contributed by atoms with E-state index in [0.29, 0.717) is 11.6 Å². The molecule has 3 aromatic rings. The van der Waals surface area contributed by atoms with Crippen molar-refractivity contribution in [3.63, 3.8) is 0 Å². The van der Waals surface area contributed by atoms with Gasteiger partial charge in [-0.1, -0.05) is 30.3 Å². The Kier molecular flexibility index (Phi) is 5.02. The van der Waals surface area contributed by atoms with Crippen molar-refractivity contribution >= 4 is 17.1 Å². The number of benzene rings is 1. The number of aryl methyl sites for hydroxylation is 2. The lowest BCUT2D eigenvalue weighted by Crippen LogP contribution is -2.44. The average molecular weight is 390 g/mol. The van der Waals surface area contributed by atoms with Crippen LogP contribution < -0.4 is 0 Å². The molecule has 29 heavy (non-hydrogen) atoms. The largest absolute Gasteiger partial charge is 0.381 e. The molecule has 0 N–H and O–H groups in total. The molecule has 1 aromatic carbocycles. The number of imidazole rings is 1. The molecule has 0 bridgehead atoms. The van der Waals surface area contributed by atoms with Crippen LogP contribution in [0.3, 0.4) is 0 Å². The van der Waals surface area contributed by atoms with Gasteiger partial charge >= 0.3 is 0 Å². The fourth-order valence-electron chi connectivity index (χ4n) is 4.22. The third-order valence-electron chi connectivity index (χ3n) is 5.95. The van der Waals surface area contributed by atoms with Crippen molar-refractivity contribution in [2.45, 2.75) is 50.7 Å². The third-order valence-corrected chi connectivity index (χ3v) is 5.95. The number of ether oxygens (including phenoxy) is 1. The predicted molar refractivity (Wildman–Crippen MR) is 111 cm³/mol. The topological polar surface area (TPSA) is 60.2 Å². The van der Waals surface area contributed by atoms with E-state index in [4.69, 9.17) is 4.74 Å². The number of carbonyl (C=O) groups is 1. The lowest BCUT2D eigenvalue weighted by atomic mass is 10.1. The van der Waals surface area contributed by atoms with Gasteiger partial charge in [-0.2, -0.15) is 0 Å². The Morgan fingerprint density at radius 2 is 1.83 bits per heavy atom. The fourth-order valence-corrected chi connectivity index (χ4v) is 4.22. The lowest BCUT2D eigenvalue weighted by Gasteiger charge is -2.34. The zero-order valence-electron chi connectivity index (χ0n) is 16.5. The number of pyridine rings is 1. The van der Waals surface area contributed by atoms with Crippen molar-refractivity contribution < 1.29 is 9.53 Å². The summed E-state index contributed by atoms with van der Waals surface area (Å²) in [4.78, 5) is 24.5. The first-order valence-electron chi connectivity index (χ1n) is 10.5. The van der Waals surface area contributed by atoms with Crippen LogP contribution in [-0.4, -0.2) is 50.6 Å². The summed E-state index contributed by atoms with van der Waals surface area (Å²) in [5.74, 6) is 0.0904. The van der Waals surface area contributed by atoms with Gasteiger partial charge in [0.1, 0.15) is 5.52 Å². The maximum absolute atomic E-state index is 13.3. The molecule has 0 radical (unpaired) electrons. The number of fused-ring (bicyclic) bond motifs is 1. The molecule has 1 aliphatic heterocycles. The second kappa shape index (κ2) is 7.95. The smallest absolute Gasteiger partial charge is 0.256 e. The highest BCUT2D eigenvalue weighted by Crippen LogP contribution is 2.33. The molecule has 1 saturated carbocycles. The summed E-state index contributed by atoms with van der Waals surface area (Å²) in [7, 11) is 0. The molecule has 6 nitrogen and oxygen atoms in total. The van der Waals surface area contributed by atoms with Crippen molar-refractivity contribution in [2.75, 3.05) is 13.2 Å². The lowest BCUT2D eigenvalue weighted by molar-refractivity contribution is 0.0267. The summed E-state index contributed by atoms with van der Waals surface area (Å²) in [5.41, 5.74) is 3.55. The number of hydrogen-bond acceptors (Lipinski definition) is 4. The van der Waals surface area contributed by atoms with Crippen LogP contribution >= 0.6 is 0 Å². The van der Waals surface area contributed by atoms with Crippen LogP contribution in [0.2, 0.25) is 0 Å². The highest BCUT2D eigenvalue weighted by molar-refractivity contribution is 5.97. The van der Waals surface area contributed by atoms with Crippen LogP contribution in [0.25, 0.3) is 11.2 Å². The number of carbonyl (C=O) groups excluding carboxylic acids is 1. The highest BCUT2D eigenvalue weighted by Gasteiger charge is 2.38. The van der Waals surface area contributed by atoms with Gasteiger partial charge in [0, 0.05) is 38.0 Å². The van der Waals surface area contributed by atoms with E-state index >= 15 is 0 Å². The standard InChI is InChI=1S/C23H26N4O2/c28-23(27(19-6-7-19)20-9-12-29-13-10-20)18-14-21-22(24-15-18)26(16-25-21)11-8-17-4-2-1-3-5-17/h1-5,14-16,19-20H,6-13H2. The third kappa shape index (κ3) is 3.90. The molecule has 1 saturated heterocycles. The molecule has 1 amide bonds. The summed E-state index contributed by atoms with van der Waals surface area (Å²) < 4.78 is 7.55. The Morgan fingerprint density at radius 1 is 1.07 bits per heavy atom. The van der Waals surface area contributed by atoms with Gasteiger partial charge in [0.25, 0.3) is 5.91 Å². The normalized spacial score (nSPS) is 17.5. The average Bonchev–Trinajstić information content (AvgIpc) is 3.52. The van der Waals surface area contributed by atoms with E-state index in [1.807, 2.05) is 18.5 Å². The predicted octanol–water partition coefficient (Wildman–Crippen LogP) is 3.46. The molecule has 3 heterocycles. The minimum atomic E-state index is 0.0904. The van der Waals surface area contributed by atoms with Gasteiger partial charge in [0.2, 0.25) is 0 Å². The van der Waals surface area contributed by atoms with Gasteiger partial charge in [0.05, 0.1) is 11.9 Å².